The molecule has 4 aromatic carbocycles. The second kappa shape index (κ2) is 15.7. The number of anilines is 2. The van der Waals surface area contributed by atoms with Gasteiger partial charge < -0.3 is 20.1 Å². The highest BCUT2D eigenvalue weighted by atomic mass is 16.5. The fourth-order valence-electron chi connectivity index (χ4n) is 5.82. The number of rotatable bonds is 14. The maximum Gasteiger partial charge on any atom is 0.328 e. The Balaban J connectivity index is 1.17. The van der Waals surface area contributed by atoms with Gasteiger partial charge in [-0.2, -0.15) is 0 Å². The maximum atomic E-state index is 13.2. The number of nitrogens with one attached hydrogen (secondary N) is 2. The number of methoxy groups -OCH3 is 1. The molecule has 7 nitrogen and oxygen atoms in total. The van der Waals surface area contributed by atoms with Crippen molar-refractivity contribution < 1.29 is 23.9 Å². The van der Waals surface area contributed by atoms with Gasteiger partial charge in [0.2, 0.25) is 0 Å². The van der Waals surface area contributed by atoms with Crippen LogP contribution in [0.2, 0.25) is 0 Å². The Hall–Kier alpha value is -4.91. The van der Waals surface area contributed by atoms with Gasteiger partial charge in [0.1, 0.15) is 18.4 Å². The number of esters is 1. The van der Waals surface area contributed by atoms with Gasteiger partial charge in [-0.3, -0.25) is 9.59 Å². The van der Waals surface area contributed by atoms with Crippen molar-refractivity contribution in [1.29, 1.82) is 0 Å². The van der Waals surface area contributed by atoms with E-state index < -0.39 is 12.0 Å². The highest BCUT2D eigenvalue weighted by Crippen LogP contribution is 2.29. The number of benzene rings is 4. The first-order valence-corrected chi connectivity index (χ1v) is 15.7. The van der Waals surface area contributed by atoms with Crippen LogP contribution in [-0.4, -0.2) is 43.8 Å². The molecule has 45 heavy (non-hydrogen) atoms. The van der Waals surface area contributed by atoms with Crippen LogP contribution in [0, 0.1) is 5.92 Å². The van der Waals surface area contributed by atoms with Gasteiger partial charge in [0.15, 0.2) is 11.6 Å². The van der Waals surface area contributed by atoms with Crippen LogP contribution >= 0.6 is 0 Å². The summed E-state index contributed by atoms with van der Waals surface area (Å²) in [6, 6.07) is 30.8. The van der Waals surface area contributed by atoms with Crippen molar-refractivity contribution in [3.8, 4) is 5.75 Å². The molecule has 1 aliphatic rings. The molecule has 0 saturated heterocycles. The highest BCUT2D eigenvalue weighted by molar-refractivity contribution is 6.12. The van der Waals surface area contributed by atoms with E-state index in [1.165, 1.54) is 13.5 Å². The van der Waals surface area contributed by atoms with E-state index >= 15 is 0 Å². The molecule has 0 heterocycles. The molecule has 4 aromatic rings. The lowest BCUT2D eigenvalue weighted by Gasteiger charge is -2.21. The Bertz CT molecular complexity index is 1580. The highest BCUT2D eigenvalue weighted by Gasteiger charge is 2.24. The summed E-state index contributed by atoms with van der Waals surface area (Å²) in [6.07, 6.45) is 5.78. The second-order valence-corrected chi connectivity index (χ2v) is 11.3. The topological polar surface area (TPSA) is 93.7 Å². The van der Waals surface area contributed by atoms with E-state index in [2.05, 4.69) is 10.6 Å². The lowest BCUT2D eigenvalue weighted by Crippen LogP contribution is -2.33. The third-order valence-corrected chi connectivity index (χ3v) is 8.24. The van der Waals surface area contributed by atoms with E-state index in [4.69, 9.17) is 9.47 Å². The Morgan fingerprint density at radius 1 is 0.756 bits per heavy atom. The number of para-hydroxylation sites is 2. The molecule has 2 N–H and O–H groups in total. The molecule has 0 aromatic heterocycles. The zero-order valence-electron chi connectivity index (χ0n) is 25.7. The summed E-state index contributed by atoms with van der Waals surface area (Å²) in [5.41, 5.74) is 4.14. The summed E-state index contributed by atoms with van der Waals surface area (Å²) in [5.74, 6) is 0.508. The molecule has 1 unspecified atom stereocenters. The molecule has 0 radical (unpaired) electrons. The van der Waals surface area contributed by atoms with E-state index in [0.29, 0.717) is 42.1 Å². The monoisotopic (exact) mass is 604 g/mol. The van der Waals surface area contributed by atoms with Gasteiger partial charge in [-0.05, 0) is 54.8 Å². The van der Waals surface area contributed by atoms with Gasteiger partial charge in [0, 0.05) is 46.9 Å². The first-order valence-electron chi connectivity index (χ1n) is 15.7. The predicted octanol–water partition coefficient (Wildman–Crippen LogP) is 7.37. The van der Waals surface area contributed by atoms with Crippen molar-refractivity contribution in [3.05, 3.63) is 125 Å². The molecule has 0 spiro atoms. The summed E-state index contributed by atoms with van der Waals surface area (Å²) < 4.78 is 11.0. The number of Topliss-reactive ketones (excluding diaryl/α,β-unsaturated/α-hetero) is 1. The molecule has 7 heteroatoms. The smallest absolute Gasteiger partial charge is 0.328 e. The summed E-state index contributed by atoms with van der Waals surface area (Å²) in [6.45, 7) is 0.968. The number of carbonyl (C=O) groups is 3. The van der Waals surface area contributed by atoms with E-state index in [-0.39, 0.29) is 17.5 Å². The van der Waals surface area contributed by atoms with Crippen LogP contribution < -0.4 is 15.4 Å². The second-order valence-electron chi connectivity index (χ2n) is 11.3. The molecule has 1 atom stereocenters. The summed E-state index contributed by atoms with van der Waals surface area (Å²) in [4.78, 5) is 39.1. The van der Waals surface area contributed by atoms with Crippen LogP contribution in [0.25, 0.3) is 0 Å². The van der Waals surface area contributed by atoms with Gasteiger partial charge in [0.25, 0.3) is 0 Å². The van der Waals surface area contributed by atoms with Gasteiger partial charge in [-0.15, -0.1) is 0 Å². The fraction of sp³-hybridized carbons (Fsp3) is 0.289. The van der Waals surface area contributed by atoms with Crippen molar-refractivity contribution in [2.45, 2.75) is 44.6 Å². The van der Waals surface area contributed by atoms with Crippen LogP contribution in [0.1, 0.15) is 63.9 Å². The maximum absolute atomic E-state index is 13.2. The summed E-state index contributed by atoms with van der Waals surface area (Å²) in [7, 11) is 1.35. The summed E-state index contributed by atoms with van der Waals surface area (Å²) >= 11 is 0. The molecule has 5 rings (SSSR count). The Labute approximate surface area is 265 Å². The number of ketones is 2. The molecule has 0 bridgehead atoms. The van der Waals surface area contributed by atoms with E-state index in [1.807, 2.05) is 72.8 Å². The average Bonchev–Trinajstić information content (AvgIpc) is 3.10. The van der Waals surface area contributed by atoms with Crippen molar-refractivity contribution in [1.82, 2.24) is 0 Å². The zero-order chi connectivity index (χ0) is 31.4. The third-order valence-electron chi connectivity index (χ3n) is 8.24. The molecule has 232 valence electrons. The van der Waals surface area contributed by atoms with E-state index in [9.17, 15) is 14.4 Å². The first kappa shape index (κ1) is 31.5. The number of hydrogen-bond donors (Lipinski definition) is 2. The van der Waals surface area contributed by atoms with E-state index in [0.717, 1.165) is 42.5 Å². The standard InChI is InChI=1S/C38H40N2O5/c1-44-38(43)35(40-34-19-11-9-17-32(34)37(42)29-14-6-3-7-15-29)26-27-20-22-30(23-21-27)45-25-24-39-33-18-10-8-16-31(33)36(41)28-12-4-2-5-13-28/h3,6-11,14-23,28,35,39-40H,2,4-5,12-13,24-26H2,1H3. The van der Waals surface area contributed by atoms with Crippen LogP contribution in [0.5, 0.6) is 5.75 Å². The molecule has 0 amide bonds. The normalized spacial score (nSPS) is 13.8. The number of carbonyl (C=O) groups excluding carboxylic acids is 3. The molecular formula is C38H40N2O5. The molecular weight excluding hydrogens is 564 g/mol. The Kier molecular flexibility index (Phi) is 11.0. The molecule has 0 aliphatic heterocycles. The predicted molar refractivity (Wildman–Crippen MR) is 177 cm³/mol. The van der Waals surface area contributed by atoms with Gasteiger partial charge in [0.05, 0.1) is 7.11 Å². The Morgan fingerprint density at radius 2 is 1.40 bits per heavy atom. The number of ether oxygens (including phenoxy) is 2. The van der Waals surface area contributed by atoms with Crippen molar-refractivity contribution >= 4 is 28.9 Å². The van der Waals surface area contributed by atoms with Crippen molar-refractivity contribution in [2.75, 3.05) is 30.9 Å². The number of hydrogen-bond acceptors (Lipinski definition) is 7. The third kappa shape index (κ3) is 8.38. The van der Waals surface area contributed by atoms with Crippen LogP contribution in [0.15, 0.2) is 103 Å². The lowest BCUT2D eigenvalue weighted by molar-refractivity contribution is -0.141. The van der Waals surface area contributed by atoms with Crippen LogP contribution in [0.4, 0.5) is 11.4 Å². The van der Waals surface area contributed by atoms with Crippen LogP contribution in [-0.2, 0) is 16.0 Å². The van der Waals surface area contributed by atoms with Gasteiger partial charge in [-0.25, -0.2) is 4.79 Å². The van der Waals surface area contributed by atoms with Crippen molar-refractivity contribution in [2.24, 2.45) is 5.92 Å². The molecule has 1 fully saturated rings. The van der Waals surface area contributed by atoms with Crippen molar-refractivity contribution in [3.63, 3.8) is 0 Å². The minimum atomic E-state index is -0.702. The van der Waals surface area contributed by atoms with Gasteiger partial charge in [-0.1, -0.05) is 86.0 Å². The van der Waals surface area contributed by atoms with Gasteiger partial charge >= 0.3 is 5.97 Å². The minimum absolute atomic E-state index is 0.122. The SMILES string of the molecule is COC(=O)C(Cc1ccc(OCCNc2ccccc2C(=O)C2CCCCC2)cc1)Nc1ccccc1C(=O)c1ccccc1. The van der Waals surface area contributed by atoms with Crippen LogP contribution in [0.3, 0.4) is 0 Å². The van der Waals surface area contributed by atoms with E-state index in [1.54, 1.807) is 30.3 Å². The summed E-state index contributed by atoms with van der Waals surface area (Å²) in [5, 5.41) is 6.62. The fourth-order valence-corrected chi connectivity index (χ4v) is 5.82. The average molecular weight is 605 g/mol. The minimum Gasteiger partial charge on any atom is -0.492 e. The molecule has 1 saturated carbocycles. The Morgan fingerprint density at radius 3 is 2.11 bits per heavy atom. The quantitative estimate of drug-likeness (QED) is 0.0882. The first-order chi connectivity index (χ1) is 22.0. The molecule has 1 aliphatic carbocycles. The zero-order valence-corrected chi connectivity index (χ0v) is 25.7. The lowest BCUT2D eigenvalue weighted by atomic mass is 9.83. The largest absolute Gasteiger partial charge is 0.492 e.